The molecular weight excluding hydrogens is 198 g/mol. The predicted octanol–water partition coefficient (Wildman–Crippen LogP) is 3.28. The first kappa shape index (κ1) is 11.1. The van der Waals surface area contributed by atoms with Gasteiger partial charge in [-0.15, -0.1) is 0 Å². The fourth-order valence-electron chi connectivity index (χ4n) is 0.968. The lowest BCUT2D eigenvalue weighted by Crippen LogP contribution is -2.13. The molecule has 0 spiro atoms. The minimum Gasteiger partial charge on any atom is -0.323 e. The highest BCUT2D eigenvalue weighted by atomic mass is 32.2. The van der Waals surface area contributed by atoms with E-state index in [0.29, 0.717) is 0 Å². The quantitative estimate of drug-likeness (QED) is 0.815. The van der Waals surface area contributed by atoms with E-state index in [0.717, 1.165) is 11.0 Å². The Morgan fingerprint density at radius 2 is 2.38 bits per heavy atom. The van der Waals surface area contributed by atoms with E-state index in [1.54, 1.807) is 11.3 Å². The Kier molecular flexibility index (Phi) is 4.84. The molecule has 1 heterocycles. The van der Waals surface area contributed by atoms with Gasteiger partial charge < -0.3 is 5.73 Å². The standard InChI is InChI=1S/C10H17NS2/c1-3-8(2)13-7-10(11)9-4-5-12-6-9/h4-6,8,10H,3,7,11H2,1-2H3. The summed E-state index contributed by atoms with van der Waals surface area (Å²) in [5, 5.41) is 4.95. The molecule has 0 fully saturated rings. The molecule has 2 unspecified atom stereocenters. The topological polar surface area (TPSA) is 26.0 Å². The number of nitrogens with two attached hydrogens (primary N) is 1. The summed E-state index contributed by atoms with van der Waals surface area (Å²) in [4.78, 5) is 0. The number of hydrogen-bond acceptors (Lipinski definition) is 3. The molecule has 1 nitrogen and oxygen atoms in total. The zero-order chi connectivity index (χ0) is 9.68. The number of thioether (sulfide) groups is 1. The predicted molar refractivity (Wildman–Crippen MR) is 63.5 cm³/mol. The summed E-state index contributed by atoms with van der Waals surface area (Å²) >= 11 is 3.68. The maximum atomic E-state index is 6.03. The van der Waals surface area contributed by atoms with Gasteiger partial charge in [0, 0.05) is 17.0 Å². The van der Waals surface area contributed by atoms with Gasteiger partial charge in [-0.2, -0.15) is 23.1 Å². The normalized spacial score (nSPS) is 15.6. The van der Waals surface area contributed by atoms with Crippen LogP contribution < -0.4 is 5.73 Å². The highest BCUT2D eigenvalue weighted by Crippen LogP contribution is 2.22. The van der Waals surface area contributed by atoms with Crippen molar-refractivity contribution in [2.75, 3.05) is 5.75 Å². The monoisotopic (exact) mass is 215 g/mol. The number of thiophene rings is 1. The molecular formula is C10H17NS2. The van der Waals surface area contributed by atoms with Crippen LogP contribution in [-0.2, 0) is 0 Å². The zero-order valence-electron chi connectivity index (χ0n) is 8.19. The lowest BCUT2D eigenvalue weighted by molar-refractivity contribution is 0.825. The third-order valence-electron chi connectivity index (χ3n) is 2.11. The zero-order valence-corrected chi connectivity index (χ0v) is 9.83. The summed E-state index contributed by atoms with van der Waals surface area (Å²) < 4.78 is 0. The van der Waals surface area contributed by atoms with Crippen molar-refractivity contribution in [2.24, 2.45) is 5.73 Å². The van der Waals surface area contributed by atoms with Gasteiger partial charge in [-0.1, -0.05) is 13.8 Å². The van der Waals surface area contributed by atoms with Crippen LogP contribution in [0.4, 0.5) is 0 Å². The summed E-state index contributed by atoms with van der Waals surface area (Å²) in [6.45, 7) is 4.47. The van der Waals surface area contributed by atoms with Crippen molar-refractivity contribution < 1.29 is 0 Å². The minimum atomic E-state index is 0.213. The third-order valence-corrected chi connectivity index (χ3v) is 4.26. The molecule has 0 saturated heterocycles. The largest absolute Gasteiger partial charge is 0.323 e. The number of rotatable bonds is 5. The Bertz CT molecular complexity index is 221. The van der Waals surface area contributed by atoms with E-state index >= 15 is 0 Å². The molecule has 0 bridgehead atoms. The third kappa shape index (κ3) is 3.71. The average molecular weight is 215 g/mol. The molecule has 3 heteroatoms. The van der Waals surface area contributed by atoms with Gasteiger partial charge in [0.2, 0.25) is 0 Å². The van der Waals surface area contributed by atoms with Crippen LogP contribution in [-0.4, -0.2) is 11.0 Å². The minimum absolute atomic E-state index is 0.213. The second kappa shape index (κ2) is 5.68. The van der Waals surface area contributed by atoms with Crippen molar-refractivity contribution in [3.63, 3.8) is 0 Å². The molecule has 0 aromatic carbocycles. The first-order valence-corrected chi connectivity index (χ1v) is 6.62. The van der Waals surface area contributed by atoms with Gasteiger partial charge in [0.25, 0.3) is 0 Å². The molecule has 13 heavy (non-hydrogen) atoms. The van der Waals surface area contributed by atoms with Crippen LogP contribution in [0.5, 0.6) is 0 Å². The second-order valence-electron chi connectivity index (χ2n) is 3.22. The molecule has 74 valence electrons. The summed E-state index contributed by atoms with van der Waals surface area (Å²) in [5.74, 6) is 1.03. The fraction of sp³-hybridized carbons (Fsp3) is 0.600. The van der Waals surface area contributed by atoms with E-state index < -0.39 is 0 Å². The SMILES string of the molecule is CCC(C)SCC(N)c1ccsc1. The van der Waals surface area contributed by atoms with Crippen molar-refractivity contribution in [1.82, 2.24) is 0 Å². The maximum absolute atomic E-state index is 6.03. The van der Waals surface area contributed by atoms with E-state index in [9.17, 15) is 0 Å². The van der Waals surface area contributed by atoms with Gasteiger partial charge in [0.15, 0.2) is 0 Å². The van der Waals surface area contributed by atoms with Crippen LogP contribution in [0.3, 0.4) is 0 Å². The van der Waals surface area contributed by atoms with Crippen molar-refractivity contribution in [3.8, 4) is 0 Å². The van der Waals surface area contributed by atoms with Crippen LogP contribution >= 0.6 is 23.1 Å². The maximum Gasteiger partial charge on any atom is 0.0395 e. The molecule has 0 aliphatic rings. The van der Waals surface area contributed by atoms with Gasteiger partial charge in [-0.3, -0.25) is 0 Å². The summed E-state index contributed by atoms with van der Waals surface area (Å²) in [5.41, 5.74) is 7.31. The molecule has 0 aliphatic carbocycles. The van der Waals surface area contributed by atoms with Gasteiger partial charge in [-0.05, 0) is 28.8 Å². The Morgan fingerprint density at radius 1 is 1.62 bits per heavy atom. The molecule has 0 saturated carbocycles. The van der Waals surface area contributed by atoms with Gasteiger partial charge >= 0.3 is 0 Å². The van der Waals surface area contributed by atoms with Crippen LogP contribution in [0.25, 0.3) is 0 Å². The van der Waals surface area contributed by atoms with E-state index in [2.05, 4.69) is 30.7 Å². The van der Waals surface area contributed by atoms with E-state index in [-0.39, 0.29) is 6.04 Å². The molecule has 0 aliphatic heterocycles. The van der Waals surface area contributed by atoms with E-state index in [1.807, 2.05) is 11.8 Å². The van der Waals surface area contributed by atoms with Crippen molar-refractivity contribution >= 4 is 23.1 Å². The fourth-order valence-corrected chi connectivity index (χ4v) is 2.66. The van der Waals surface area contributed by atoms with Gasteiger partial charge in [0.1, 0.15) is 0 Å². The van der Waals surface area contributed by atoms with Crippen LogP contribution in [0, 0.1) is 0 Å². The van der Waals surface area contributed by atoms with Gasteiger partial charge in [-0.25, -0.2) is 0 Å². The van der Waals surface area contributed by atoms with E-state index in [4.69, 9.17) is 5.73 Å². The highest BCUT2D eigenvalue weighted by Gasteiger charge is 2.08. The molecule has 0 amide bonds. The highest BCUT2D eigenvalue weighted by molar-refractivity contribution is 7.99. The first-order chi connectivity index (χ1) is 6.24. The van der Waals surface area contributed by atoms with Crippen LogP contribution in [0.2, 0.25) is 0 Å². The molecule has 2 atom stereocenters. The smallest absolute Gasteiger partial charge is 0.0395 e. The Labute approximate surface area is 88.7 Å². The van der Waals surface area contributed by atoms with Gasteiger partial charge in [0.05, 0.1) is 0 Å². The molecule has 1 rings (SSSR count). The molecule has 2 N–H and O–H groups in total. The Morgan fingerprint density at radius 3 is 2.92 bits per heavy atom. The lowest BCUT2D eigenvalue weighted by Gasteiger charge is -2.12. The van der Waals surface area contributed by atoms with Crippen molar-refractivity contribution in [3.05, 3.63) is 22.4 Å². The molecule has 1 aromatic heterocycles. The van der Waals surface area contributed by atoms with Crippen molar-refractivity contribution in [1.29, 1.82) is 0 Å². The van der Waals surface area contributed by atoms with Crippen LogP contribution in [0.1, 0.15) is 31.9 Å². The first-order valence-electron chi connectivity index (χ1n) is 4.63. The van der Waals surface area contributed by atoms with Crippen molar-refractivity contribution in [2.45, 2.75) is 31.6 Å². The lowest BCUT2D eigenvalue weighted by atomic mass is 10.2. The Balaban J connectivity index is 2.30. The Hall–Kier alpha value is 0.01000. The van der Waals surface area contributed by atoms with Crippen LogP contribution in [0.15, 0.2) is 16.8 Å². The van der Waals surface area contributed by atoms with E-state index in [1.165, 1.54) is 12.0 Å². The summed E-state index contributed by atoms with van der Waals surface area (Å²) in [7, 11) is 0. The molecule has 1 aromatic rings. The molecule has 0 radical (unpaired) electrons. The second-order valence-corrected chi connectivity index (χ2v) is 5.47. The summed E-state index contributed by atoms with van der Waals surface area (Å²) in [6, 6.07) is 2.33. The summed E-state index contributed by atoms with van der Waals surface area (Å²) in [6.07, 6.45) is 1.22. The number of hydrogen-bond donors (Lipinski definition) is 1. The average Bonchev–Trinajstić information content (AvgIpc) is 2.66.